The zero-order valence-electron chi connectivity index (χ0n) is 13.2. The Morgan fingerprint density at radius 1 is 1.17 bits per heavy atom. The van der Waals surface area contributed by atoms with E-state index in [1.54, 1.807) is 30.3 Å². The second-order valence-corrected chi connectivity index (χ2v) is 6.01. The molecule has 0 saturated heterocycles. The van der Waals surface area contributed by atoms with Gasteiger partial charge in [0.2, 0.25) is 0 Å². The molecule has 2 aromatic carbocycles. The minimum Gasteiger partial charge on any atom is -0.507 e. The topological polar surface area (TPSA) is 78.0 Å². The third kappa shape index (κ3) is 3.26. The van der Waals surface area contributed by atoms with Gasteiger partial charge in [-0.2, -0.15) is 5.10 Å². The number of aromatic hydroxyl groups is 1. The van der Waals surface area contributed by atoms with Gasteiger partial charge in [-0.3, -0.25) is 9.89 Å². The number of phenols is 1. The fraction of sp³-hybridized carbons (Fsp3) is 0.111. The molecule has 3 rings (SSSR count). The van der Waals surface area contributed by atoms with Gasteiger partial charge >= 0.3 is 0 Å². The zero-order chi connectivity index (χ0) is 17.3. The summed E-state index contributed by atoms with van der Waals surface area (Å²) in [5.41, 5.74) is 3.90. The minimum absolute atomic E-state index is 0.115. The predicted molar refractivity (Wildman–Crippen MR) is 94.6 cm³/mol. The zero-order valence-corrected chi connectivity index (χ0v) is 14.0. The van der Waals surface area contributed by atoms with Crippen LogP contribution in [0.15, 0.2) is 42.5 Å². The Balaban J connectivity index is 1.83. The highest BCUT2D eigenvalue weighted by molar-refractivity contribution is 6.31. The minimum atomic E-state index is -0.333. The first-order chi connectivity index (χ1) is 11.4. The number of halogens is 1. The van der Waals surface area contributed by atoms with E-state index in [2.05, 4.69) is 15.5 Å². The molecule has 1 heterocycles. The summed E-state index contributed by atoms with van der Waals surface area (Å²) in [6.45, 7) is 3.81. The molecule has 0 saturated carbocycles. The number of rotatable bonds is 3. The third-order valence-corrected chi connectivity index (χ3v) is 4.09. The molecule has 0 radical (unpaired) electrons. The van der Waals surface area contributed by atoms with Crippen LogP contribution in [0.25, 0.3) is 11.3 Å². The van der Waals surface area contributed by atoms with Gasteiger partial charge in [-0.1, -0.05) is 29.3 Å². The number of hydrogen-bond acceptors (Lipinski definition) is 3. The summed E-state index contributed by atoms with van der Waals surface area (Å²) in [4.78, 5) is 12.3. The van der Waals surface area contributed by atoms with Gasteiger partial charge in [0.15, 0.2) is 0 Å². The Morgan fingerprint density at radius 2 is 1.96 bits per heavy atom. The number of aromatic nitrogens is 2. The van der Waals surface area contributed by atoms with E-state index in [-0.39, 0.29) is 11.7 Å². The number of nitrogens with zero attached hydrogens (tertiary/aromatic N) is 1. The Labute approximate surface area is 144 Å². The van der Waals surface area contributed by atoms with Crippen LogP contribution in [0.1, 0.15) is 21.6 Å². The molecule has 1 amide bonds. The van der Waals surface area contributed by atoms with Gasteiger partial charge in [0.05, 0.1) is 5.69 Å². The number of carbonyl (C=O) groups excluding carboxylic acids is 1. The largest absolute Gasteiger partial charge is 0.507 e. The molecule has 122 valence electrons. The lowest BCUT2D eigenvalue weighted by Gasteiger charge is -2.05. The molecule has 6 heteroatoms. The van der Waals surface area contributed by atoms with Crippen LogP contribution in [-0.4, -0.2) is 21.2 Å². The molecule has 0 atom stereocenters. The summed E-state index contributed by atoms with van der Waals surface area (Å²) in [7, 11) is 0. The summed E-state index contributed by atoms with van der Waals surface area (Å²) in [5, 5.41) is 20.1. The molecule has 0 fully saturated rings. The quantitative estimate of drug-likeness (QED) is 0.664. The second kappa shape index (κ2) is 6.37. The van der Waals surface area contributed by atoms with Gasteiger partial charge in [-0.15, -0.1) is 0 Å². The van der Waals surface area contributed by atoms with Gasteiger partial charge in [0.25, 0.3) is 5.91 Å². The average Bonchev–Trinajstić information content (AvgIpc) is 3.03. The highest BCUT2D eigenvalue weighted by atomic mass is 35.5. The SMILES string of the molecule is Cc1ccc(O)c(-c2cc(C(=O)Nc3ccc(C)c(Cl)c3)[nH]n2)c1. The average molecular weight is 342 g/mol. The lowest BCUT2D eigenvalue weighted by Crippen LogP contribution is -2.12. The van der Waals surface area contributed by atoms with Crippen molar-refractivity contribution < 1.29 is 9.90 Å². The van der Waals surface area contributed by atoms with Crippen molar-refractivity contribution in [3.05, 3.63) is 64.3 Å². The number of aromatic amines is 1. The first-order valence-corrected chi connectivity index (χ1v) is 7.75. The standard InChI is InChI=1S/C18H16ClN3O2/c1-10-3-6-17(23)13(7-10)15-9-16(22-21-15)18(24)20-12-5-4-11(2)14(19)8-12/h3-9,23H,1-2H3,(H,20,24)(H,21,22). The van der Waals surface area contributed by atoms with Crippen LogP contribution in [0.4, 0.5) is 5.69 Å². The van der Waals surface area contributed by atoms with Crippen LogP contribution in [-0.2, 0) is 0 Å². The summed E-state index contributed by atoms with van der Waals surface area (Å²) >= 11 is 6.06. The maximum Gasteiger partial charge on any atom is 0.273 e. The molecule has 3 N–H and O–H groups in total. The van der Waals surface area contributed by atoms with Crippen molar-refractivity contribution in [3.8, 4) is 17.0 Å². The van der Waals surface area contributed by atoms with Gasteiger partial charge in [-0.25, -0.2) is 0 Å². The Hall–Kier alpha value is -2.79. The second-order valence-electron chi connectivity index (χ2n) is 5.61. The lowest BCUT2D eigenvalue weighted by molar-refractivity contribution is 0.102. The van der Waals surface area contributed by atoms with Crippen molar-refractivity contribution in [1.29, 1.82) is 0 Å². The van der Waals surface area contributed by atoms with Crippen molar-refractivity contribution in [3.63, 3.8) is 0 Å². The summed E-state index contributed by atoms with van der Waals surface area (Å²) in [6, 6.07) is 12.1. The fourth-order valence-corrected chi connectivity index (χ4v) is 2.48. The molecular formula is C18H16ClN3O2. The van der Waals surface area contributed by atoms with Gasteiger partial charge in [0, 0.05) is 16.3 Å². The summed E-state index contributed by atoms with van der Waals surface area (Å²) in [5.74, 6) is -0.217. The smallest absolute Gasteiger partial charge is 0.273 e. The Kier molecular flexibility index (Phi) is 4.27. The van der Waals surface area contributed by atoms with Crippen LogP contribution in [0.2, 0.25) is 5.02 Å². The number of H-pyrrole nitrogens is 1. The number of carbonyl (C=O) groups is 1. The molecule has 5 nitrogen and oxygen atoms in total. The van der Waals surface area contributed by atoms with E-state index in [0.717, 1.165) is 11.1 Å². The molecule has 24 heavy (non-hydrogen) atoms. The molecule has 0 aliphatic heterocycles. The van der Waals surface area contributed by atoms with Gasteiger partial charge in [0.1, 0.15) is 11.4 Å². The van der Waals surface area contributed by atoms with Gasteiger partial charge < -0.3 is 10.4 Å². The molecule has 3 aromatic rings. The lowest BCUT2D eigenvalue weighted by atomic mass is 10.1. The maximum absolute atomic E-state index is 12.3. The van der Waals surface area contributed by atoms with Crippen LogP contribution in [0.3, 0.4) is 0 Å². The molecule has 0 unspecified atom stereocenters. The molecule has 0 aliphatic carbocycles. The number of phenolic OH excluding ortho intramolecular Hbond substituents is 1. The first kappa shape index (κ1) is 16.1. The fourth-order valence-electron chi connectivity index (χ4n) is 2.30. The molecule has 0 spiro atoms. The highest BCUT2D eigenvalue weighted by Gasteiger charge is 2.14. The van der Waals surface area contributed by atoms with Crippen molar-refractivity contribution >= 4 is 23.2 Å². The number of aryl methyl sites for hydroxylation is 2. The highest BCUT2D eigenvalue weighted by Crippen LogP contribution is 2.29. The molecule has 0 bridgehead atoms. The predicted octanol–water partition coefficient (Wildman–Crippen LogP) is 4.30. The maximum atomic E-state index is 12.3. The molecule has 1 aromatic heterocycles. The van der Waals surface area contributed by atoms with E-state index in [4.69, 9.17) is 11.6 Å². The van der Waals surface area contributed by atoms with E-state index < -0.39 is 0 Å². The van der Waals surface area contributed by atoms with Crippen LogP contribution in [0, 0.1) is 13.8 Å². The van der Waals surface area contributed by atoms with E-state index in [0.29, 0.717) is 27.7 Å². The van der Waals surface area contributed by atoms with E-state index >= 15 is 0 Å². The monoisotopic (exact) mass is 341 g/mol. The van der Waals surface area contributed by atoms with Gasteiger partial charge in [-0.05, 0) is 49.7 Å². The molecule has 0 aliphatic rings. The number of hydrogen-bond donors (Lipinski definition) is 3. The molecular weight excluding hydrogens is 326 g/mol. The van der Waals surface area contributed by atoms with E-state index in [1.807, 2.05) is 26.0 Å². The number of benzene rings is 2. The van der Waals surface area contributed by atoms with Crippen molar-refractivity contribution in [1.82, 2.24) is 10.2 Å². The number of nitrogens with one attached hydrogen (secondary N) is 2. The van der Waals surface area contributed by atoms with Crippen molar-refractivity contribution in [2.45, 2.75) is 13.8 Å². The van der Waals surface area contributed by atoms with Crippen molar-refractivity contribution in [2.75, 3.05) is 5.32 Å². The van der Waals surface area contributed by atoms with E-state index in [9.17, 15) is 9.90 Å². The first-order valence-electron chi connectivity index (χ1n) is 7.37. The Bertz CT molecular complexity index is 918. The normalized spacial score (nSPS) is 10.6. The van der Waals surface area contributed by atoms with Crippen LogP contribution >= 0.6 is 11.6 Å². The third-order valence-electron chi connectivity index (χ3n) is 3.68. The van der Waals surface area contributed by atoms with Crippen molar-refractivity contribution in [2.24, 2.45) is 0 Å². The summed E-state index contributed by atoms with van der Waals surface area (Å²) in [6.07, 6.45) is 0. The van der Waals surface area contributed by atoms with Crippen LogP contribution in [0.5, 0.6) is 5.75 Å². The number of anilines is 1. The number of amides is 1. The van der Waals surface area contributed by atoms with E-state index in [1.165, 1.54) is 0 Å². The summed E-state index contributed by atoms with van der Waals surface area (Å²) < 4.78 is 0. The van der Waals surface area contributed by atoms with Crippen LogP contribution < -0.4 is 5.32 Å². The Morgan fingerprint density at radius 3 is 2.71 bits per heavy atom.